The first-order chi connectivity index (χ1) is 10.7. The van der Waals surface area contributed by atoms with E-state index in [0.717, 1.165) is 22.8 Å². The van der Waals surface area contributed by atoms with Crippen LogP contribution in [0.1, 0.15) is 25.1 Å². The minimum absolute atomic E-state index is 0.801. The molecule has 5 heteroatoms. The second-order valence-electron chi connectivity index (χ2n) is 5.10. The Labute approximate surface area is 134 Å². The number of hydrogen-bond acceptors (Lipinski definition) is 3. The van der Waals surface area contributed by atoms with Gasteiger partial charge in [0.25, 0.3) is 0 Å². The average molecular weight is 310 g/mol. The van der Waals surface area contributed by atoms with E-state index in [0.29, 0.717) is 0 Å². The van der Waals surface area contributed by atoms with E-state index in [1.54, 1.807) is 18.0 Å². The first-order valence-corrected chi connectivity index (χ1v) is 7.91. The molecule has 0 saturated heterocycles. The topological polar surface area (TPSA) is 35.1 Å². The summed E-state index contributed by atoms with van der Waals surface area (Å²) in [4.78, 5) is 10.8. The zero-order chi connectivity index (χ0) is 15.5. The molecule has 0 spiro atoms. The largest absolute Gasteiger partial charge is 0.333 e. The van der Waals surface area contributed by atoms with Crippen LogP contribution in [0, 0.1) is 0 Å². The molecule has 22 heavy (non-hydrogen) atoms. The van der Waals surface area contributed by atoms with E-state index in [9.17, 15) is 0 Å². The predicted octanol–water partition coefficient (Wildman–Crippen LogP) is 4.21. The number of thioether (sulfide) groups is 1. The molecule has 3 aromatic rings. The molecule has 0 aliphatic rings. The van der Waals surface area contributed by atoms with Gasteiger partial charge in [-0.05, 0) is 36.4 Å². The third-order valence-electron chi connectivity index (χ3n) is 3.30. The van der Waals surface area contributed by atoms with Crippen molar-refractivity contribution in [3.05, 3.63) is 72.1 Å². The molecular weight excluding hydrogens is 292 g/mol. The summed E-state index contributed by atoms with van der Waals surface area (Å²) in [5.41, 5.74) is 3.26. The highest BCUT2D eigenvalue weighted by Crippen LogP contribution is 2.32. The number of nitrogens with zero attached hydrogens (tertiary/aromatic N) is 4. The van der Waals surface area contributed by atoms with Crippen molar-refractivity contribution in [2.24, 2.45) is 0 Å². The van der Waals surface area contributed by atoms with E-state index in [-0.39, 0.29) is 0 Å². The Morgan fingerprint density at radius 1 is 1.41 bits per heavy atom. The van der Waals surface area contributed by atoms with Gasteiger partial charge in [-0.1, -0.05) is 24.4 Å². The Bertz CT molecular complexity index is 828. The van der Waals surface area contributed by atoms with Crippen molar-refractivity contribution in [2.45, 2.75) is 20.4 Å². The molecule has 3 aromatic heterocycles. The van der Waals surface area contributed by atoms with E-state index in [1.165, 1.54) is 10.5 Å². The number of allylic oxidation sites excluding steroid dienone is 2. The fraction of sp³-hybridized carbons (Fsp3) is 0.176. The number of rotatable bonds is 5. The van der Waals surface area contributed by atoms with E-state index >= 15 is 0 Å². The van der Waals surface area contributed by atoms with E-state index in [2.05, 4.69) is 45.4 Å². The fourth-order valence-electron chi connectivity index (χ4n) is 2.34. The Morgan fingerprint density at radius 3 is 2.95 bits per heavy atom. The summed E-state index contributed by atoms with van der Waals surface area (Å²) < 4.78 is 4.16. The normalized spacial score (nSPS) is 12.0. The Hall–Kier alpha value is -2.27. The maximum atomic E-state index is 4.54. The molecule has 0 radical (unpaired) electrons. The lowest BCUT2D eigenvalue weighted by Crippen LogP contribution is -1.98. The molecule has 0 bridgehead atoms. The van der Waals surface area contributed by atoms with Crippen LogP contribution >= 0.6 is 11.8 Å². The number of aromatic nitrogens is 4. The Morgan fingerprint density at radius 2 is 2.27 bits per heavy atom. The SMILES string of the molecule is C=C(C)S/C(=C\C)c1cnc2cc(Cn3ccnc3)ccn12. The minimum Gasteiger partial charge on any atom is -0.333 e. The number of hydrogen-bond donors (Lipinski definition) is 0. The molecule has 0 N–H and O–H groups in total. The zero-order valence-electron chi connectivity index (χ0n) is 12.7. The van der Waals surface area contributed by atoms with Crippen molar-refractivity contribution in [2.75, 3.05) is 0 Å². The van der Waals surface area contributed by atoms with Gasteiger partial charge in [-0.3, -0.25) is 4.40 Å². The number of fused-ring (bicyclic) bond motifs is 1. The third-order valence-corrected chi connectivity index (χ3v) is 4.31. The van der Waals surface area contributed by atoms with Gasteiger partial charge in [0.15, 0.2) is 0 Å². The molecule has 0 saturated carbocycles. The molecule has 112 valence electrons. The zero-order valence-corrected chi connectivity index (χ0v) is 13.5. The second kappa shape index (κ2) is 6.23. The standard InChI is InChI=1S/C17H18N4S/c1-4-16(22-13(2)3)15-10-19-17-9-14(5-7-21(15)17)11-20-8-6-18-12-20/h4-10,12H,2,11H2,1,3H3/b16-4-. The lowest BCUT2D eigenvalue weighted by atomic mass is 10.2. The van der Waals surface area contributed by atoms with E-state index in [1.807, 2.05) is 37.1 Å². The Balaban J connectivity index is 1.94. The lowest BCUT2D eigenvalue weighted by Gasteiger charge is -2.08. The second-order valence-corrected chi connectivity index (χ2v) is 6.44. The molecule has 0 aliphatic carbocycles. The molecule has 0 unspecified atom stereocenters. The van der Waals surface area contributed by atoms with Gasteiger partial charge < -0.3 is 4.57 Å². The van der Waals surface area contributed by atoms with Gasteiger partial charge in [0, 0.05) is 30.0 Å². The van der Waals surface area contributed by atoms with Crippen molar-refractivity contribution in [3.63, 3.8) is 0 Å². The molecule has 0 aromatic carbocycles. The van der Waals surface area contributed by atoms with Gasteiger partial charge in [-0.15, -0.1) is 0 Å². The quantitative estimate of drug-likeness (QED) is 0.708. The highest BCUT2D eigenvalue weighted by Gasteiger charge is 2.09. The van der Waals surface area contributed by atoms with Crippen LogP contribution in [-0.4, -0.2) is 18.9 Å². The highest BCUT2D eigenvalue weighted by molar-refractivity contribution is 8.11. The van der Waals surface area contributed by atoms with Gasteiger partial charge in [-0.25, -0.2) is 9.97 Å². The smallest absolute Gasteiger partial charge is 0.137 e. The van der Waals surface area contributed by atoms with Crippen LogP contribution < -0.4 is 0 Å². The van der Waals surface area contributed by atoms with Gasteiger partial charge in [0.2, 0.25) is 0 Å². The molecule has 4 nitrogen and oxygen atoms in total. The van der Waals surface area contributed by atoms with Crippen molar-refractivity contribution in [3.8, 4) is 0 Å². The average Bonchev–Trinajstić information content (AvgIpc) is 3.13. The molecule has 0 amide bonds. The van der Waals surface area contributed by atoms with Crippen molar-refractivity contribution >= 4 is 22.3 Å². The number of imidazole rings is 2. The summed E-state index contributed by atoms with van der Waals surface area (Å²) in [6.07, 6.45) is 11.7. The summed E-state index contributed by atoms with van der Waals surface area (Å²) in [5.74, 6) is 0. The molecule has 3 heterocycles. The van der Waals surface area contributed by atoms with Crippen molar-refractivity contribution < 1.29 is 0 Å². The van der Waals surface area contributed by atoms with Gasteiger partial charge in [0.05, 0.1) is 18.2 Å². The molecule has 0 aliphatic heterocycles. The first-order valence-electron chi connectivity index (χ1n) is 7.09. The van der Waals surface area contributed by atoms with Crippen LogP contribution in [0.3, 0.4) is 0 Å². The predicted molar refractivity (Wildman–Crippen MR) is 92.6 cm³/mol. The Kier molecular flexibility index (Phi) is 4.15. The first kappa shape index (κ1) is 14.7. The molecule has 3 rings (SSSR count). The summed E-state index contributed by atoms with van der Waals surface area (Å²) in [5, 5.41) is 0. The molecule has 0 atom stereocenters. The van der Waals surface area contributed by atoms with Gasteiger partial charge >= 0.3 is 0 Å². The van der Waals surface area contributed by atoms with Gasteiger partial charge in [0.1, 0.15) is 5.65 Å². The lowest BCUT2D eigenvalue weighted by molar-refractivity contribution is 0.796. The summed E-state index contributed by atoms with van der Waals surface area (Å²) in [6.45, 7) is 8.83. The molecule has 0 fully saturated rings. The summed E-state index contributed by atoms with van der Waals surface area (Å²) in [7, 11) is 0. The van der Waals surface area contributed by atoms with E-state index in [4.69, 9.17) is 0 Å². The minimum atomic E-state index is 0.801. The third kappa shape index (κ3) is 2.99. The summed E-state index contributed by atoms with van der Waals surface area (Å²) in [6, 6.07) is 4.24. The van der Waals surface area contributed by atoms with Crippen LogP contribution in [0.15, 0.2) is 60.8 Å². The number of pyridine rings is 1. The maximum Gasteiger partial charge on any atom is 0.137 e. The van der Waals surface area contributed by atoms with Gasteiger partial charge in [-0.2, -0.15) is 0 Å². The maximum absolute atomic E-state index is 4.54. The van der Waals surface area contributed by atoms with Crippen LogP contribution in [0.2, 0.25) is 0 Å². The molecular formula is C17H18N4S. The highest BCUT2D eigenvalue weighted by atomic mass is 32.2. The fourth-order valence-corrected chi connectivity index (χ4v) is 3.09. The van der Waals surface area contributed by atoms with Crippen LogP contribution in [0.5, 0.6) is 0 Å². The van der Waals surface area contributed by atoms with E-state index < -0.39 is 0 Å². The summed E-state index contributed by atoms with van der Waals surface area (Å²) >= 11 is 1.67. The van der Waals surface area contributed by atoms with Crippen molar-refractivity contribution in [1.82, 2.24) is 18.9 Å². The monoisotopic (exact) mass is 310 g/mol. The van der Waals surface area contributed by atoms with Crippen LogP contribution in [0.25, 0.3) is 10.6 Å². The van der Waals surface area contributed by atoms with Crippen molar-refractivity contribution in [1.29, 1.82) is 0 Å². The van der Waals surface area contributed by atoms with Crippen LogP contribution in [-0.2, 0) is 6.54 Å². The van der Waals surface area contributed by atoms with Crippen LogP contribution in [0.4, 0.5) is 0 Å².